The van der Waals surface area contributed by atoms with Crippen LogP contribution in [0.3, 0.4) is 0 Å². The SMILES string of the molecule is CN(C)c1ccc(C(=O)N2CCCC(C(F)(F)F)C2)cc1[N+](=O)[O-]. The standard InChI is InChI=1S/C15H18F3N3O3/c1-19(2)12-6-5-10(8-13(12)21(23)24)14(22)20-7-3-4-11(9-20)15(16,17)18/h5-6,8,11H,3-4,7,9H2,1-2H3. The third-order valence-corrected chi connectivity index (χ3v) is 4.07. The maximum absolute atomic E-state index is 12.9. The van der Waals surface area contributed by atoms with E-state index in [1.165, 1.54) is 17.0 Å². The Balaban J connectivity index is 2.26. The van der Waals surface area contributed by atoms with Gasteiger partial charge >= 0.3 is 6.18 Å². The lowest BCUT2D eigenvalue weighted by atomic mass is 9.97. The van der Waals surface area contributed by atoms with Gasteiger partial charge < -0.3 is 9.80 Å². The number of piperidine rings is 1. The largest absolute Gasteiger partial charge is 0.393 e. The minimum atomic E-state index is -4.35. The Morgan fingerprint density at radius 2 is 2.04 bits per heavy atom. The van der Waals surface area contributed by atoms with Crippen LogP contribution in [0.4, 0.5) is 24.5 Å². The molecule has 24 heavy (non-hydrogen) atoms. The highest BCUT2D eigenvalue weighted by Gasteiger charge is 2.42. The van der Waals surface area contributed by atoms with E-state index in [0.717, 1.165) is 11.0 Å². The number of hydrogen-bond donors (Lipinski definition) is 0. The van der Waals surface area contributed by atoms with E-state index in [-0.39, 0.29) is 30.6 Å². The van der Waals surface area contributed by atoms with E-state index in [9.17, 15) is 28.1 Å². The van der Waals surface area contributed by atoms with Crippen molar-refractivity contribution in [3.8, 4) is 0 Å². The highest BCUT2D eigenvalue weighted by atomic mass is 19.4. The van der Waals surface area contributed by atoms with Gasteiger partial charge in [-0.2, -0.15) is 13.2 Å². The lowest BCUT2D eigenvalue weighted by Gasteiger charge is -2.33. The zero-order chi connectivity index (χ0) is 18.1. The number of nitro benzene ring substituents is 1. The summed E-state index contributed by atoms with van der Waals surface area (Å²) in [6.07, 6.45) is -4.10. The minimum Gasteiger partial charge on any atom is -0.372 e. The highest BCUT2D eigenvalue weighted by molar-refractivity contribution is 5.95. The summed E-state index contributed by atoms with van der Waals surface area (Å²) in [6.45, 7) is -0.194. The Morgan fingerprint density at radius 1 is 1.38 bits per heavy atom. The molecule has 132 valence electrons. The molecule has 1 saturated heterocycles. The molecule has 1 heterocycles. The smallest absolute Gasteiger partial charge is 0.372 e. The van der Waals surface area contributed by atoms with Crippen LogP contribution in [0.15, 0.2) is 18.2 Å². The van der Waals surface area contributed by atoms with Crippen molar-refractivity contribution in [2.24, 2.45) is 5.92 Å². The van der Waals surface area contributed by atoms with Gasteiger partial charge in [-0.3, -0.25) is 14.9 Å². The fourth-order valence-corrected chi connectivity index (χ4v) is 2.79. The molecule has 0 N–H and O–H groups in total. The first kappa shape index (κ1) is 18.0. The summed E-state index contributed by atoms with van der Waals surface area (Å²) in [7, 11) is 3.25. The zero-order valence-electron chi connectivity index (χ0n) is 13.3. The van der Waals surface area contributed by atoms with Crippen molar-refractivity contribution in [3.63, 3.8) is 0 Å². The molecule has 2 rings (SSSR count). The van der Waals surface area contributed by atoms with Gasteiger partial charge in [0.05, 0.1) is 10.8 Å². The maximum atomic E-state index is 12.9. The second-order valence-corrected chi connectivity index (χ2v) is 5.99. The molecule has 0 saturated carbocycles. The third-order valence-electron chi connectivity index (χ3n) is 4.07. The molecular formula is C15H18F3N3O3. The lowest BCUT2D eigenvalue weighted by molar-refractivity contribution is -0.384. The zero-order valence-corrected chi connectivity index (χ0v) is 13.3. The lowest BCUT2D eigenvalue weighted by Crippen LogP contribution is -2.44. The number of nitro groups is 1. The van der Waals surface area contributed by atoms with Gasteiger partial charge in [-0.05, 0) is 25.0 Å². The second kappa shape index (κ2) is 6.66. The Labute approximate surface area is 137 Å². The van der Waals surface area contributed by atoms with Crippen molar-refractivity contribution < 1.29 is 22.9 Å². The Morgan fingerprint density at radius 3 is 2.58 bits per heavy atom. The second-order valence-electron chi connectivity index (χ2n) is 5.99. The molecule has 1 amide bonds. The number of benzene rings is 1. The van der Waals surface area contributed by atoms with Crippen LogP contribution in [0, 0.1) is 16.0 Å². The maximum Gasteiger partial charge on any atom is 0.393 e. The van der Waals surface area contributed by atoms with Crippen LogP contribution in [0.2, 0.25) is 0 Å². The Bertz CT molecular complexity index is 647. The van der Waals surface area contributed by atoms with Crippen LogP contribution < -0.4 is 4.90 Å². The number of carbonyl (C=O) groups excluding carboxylic acids is 1. The van der Waals surface area contributed by atoms with Gasteiger partial charge in [0.25, 0.3) is 11.6 Å². The summed E-state index contributed by atoms with van der Waals surface area (Å²) in [5.74, 6) is -2.16. The summed E-state index contributed by atoms with van der Waals surface area (Å²) in [5, 5.41) is 11.2. The summed E-state index contributed by atoms with van der Waals surface area (Å²) in [4.78, 5) is 25.7. The van der Waals surface area contributed by atoms with Crippen LogP contribution in [0.1, 0.15) is 23.2 Å². The molecule has 1 atom stereocenters. The van der Waals surface area contributed by atoms with Crippen molar-refractivity contribution in [1.82, 2.24) is 4.90 Å². The number of alkyl halides is 3. The third kappa shape index (κ3) is 3.77. The van der Waals surface area contributed by atoms with Crippen LogP contribution >= 0.6 is 0 Å². The van der Waals surface area contributed by atoms with E-state index < -0.39 is 29.5 Å². The van der Waals surface area contributed by atoms with E-state index in [0.29, 0.717) is 5.69 Å². The first-order chi connectivity index (χ1) is 11.1. The molecule has 0 radical (unpaired) electrons. The molecule has 1 aliphatic heterocycles. The first-order valence-corrected chi connectivity index (χ1v) is 7.43. The number of rotatable bonds is 3. The predicted molar refractivity (Wildman–Crippen MR) is 82.1 cm³/mol. The van der Waals surface area contributed by atoms with Gasteiger partial charge in [0, 0.05) is 38.8 Å². The number of carbonyl (C=O) groups is 1. The number of hydrogen-bond acceptors (Lipinski definition) is 4. The summed E-state index contributed by atoms with van der Waals surface area (Å²) in [6, 6.07) is 3.95. The van der Waals surface area contributed by atoms with E-state index >= 15 is 0 Å². The van der Waals surface area contributed by atoms with Crippen molar-refractivity contribution in [3.05, 3.63) is 33.9 Å². The molecule has 9 heteroatoms. The summed E-state index contributed by atoms with van der Waals surface area (Å²) in [5.41, 5.74) is 0.0914. The molecule has 1 aromatic rings. The van der Waals surface area contributed by atoms with Crippen LogP contribution in [-0.2, 0) is 0 Å². The number of amides is 1. The van der Waals surface area contributed by atoms with E-state index in [4.69, 9.17) is 0 Å². The quantitative estimate of drug-likeness (QED) is 0.624. The molecular weight excluding hydrogens is 327 g/mol. The Hall–Kier alpha value is -2.32. The van der Waals surface area contributed by atoms with Crippen molar-refractivity contribution in [1.29, 1.82) is 0 Å². The molecule has 1 unspecified atom stereocenters. The number of halogens is 3. The van der Waals surface area contributed by atoms with Crippen LogP contribution in [-0.4, -0.2) is 49.1 Å². The van der Waals surface area contributed by atoms with E-state index in [1.54, 1.807) is 14.1 Å². The van der Waals surface area contributed by atoms with Crippen LogP contribution in [0.5, 0.6) is 0 Å². The van der Waals surface area contributed by atoms with Crippen molar-refractivity contribution >= 4 is 17.3 Å². The fraction of sp³-hybridized carbons (Fsp3) is 0.533. The van der Waals surface area contributed by atoms with Crippen molar-refractivity contribution in [2.75, 3.05) is 32.1 Å². The van der Waals surface area contributed by atoms with Gasteiger partial charge in [-0.15, -0.1) is 0 Å². The average molecular weight is 345 g/mol. The molecule has 0 aromatic heterocycles. The molecule has 0 spiro atoms. The minimum absolute atomic E-state index is 0.00695. The molecule has 1 fully saturated rings. The molecule has 0 bridgehead atoms. The average Bonchev–Trinajstić information content (AvgIpc) is 2.52. The highest BCUT2D eigenvalue weighted by Crippen LogP contribution is 2.34. The van der Waals surface area contributed by atoms with E-state index in [2.05, 4.69) is 0 Å². The monoisotopic (exact) mass is 345 g/mol. The van der Waals surface area contributed by atoms with Gasteiger partial charge in [0.2, 0.25) is 0 Å². The van der Waals surface area contributed by atoms with Gasteiger partial charge in [0.15, 0.2) is 0 Å². The fourth-order valence-electron chi connectivity index (χ4n) is 2.79. The van der Waals surface area contributed by atoms with E-state index in [1.807, 2.05) is 0 Å². The summed E-state index contributed by atoms with van der Waals surface area (Å²) >= 11 is 0. The topological polar surface area (TPSA) is 66.7 Å². The van der Waals surface area contributed by atoms with Gasteiger partial charge in [-0.25, -0.2) is 0 Å². The predicted octanol–water partition coefficient (Wildman–Crippen LogP) is 3.08. The van der Waals surface area contributed by atoms with Crippen molar-refractivity contribution in [2.45, 2.75) is 19.0 Å². The Kier molecular flexibility index (Phi) is 5.00. The molecule has 1 aromatic carbocycles. The van der Waals surface area contributed by atoms with Crippen LogP contribution in [0.25, 0.3) is 0 Å². The molecule has 1 aliphatic rings. The van der Waals surface area contributed by atoms with Gasteiger partial charge in [-0.1, -0.05) is 0 Å². The van der Waals surface area contributed by atoms with Gasteiger partial charge in [0.1, 0.15) is 5.69 Å². The molecule has 0 aliphatic carbocycles. The summed E-state index contributed by atoms with van der Waals surface area (Å²) < 4.78 is 38.6. The number of likely N-dealkylation sites (tertiary alicyclic amines) is 1. The normalized spacial score (nSPS) is 18.4. The number of nitrogens with zero attached hydrogens (tertiary/aromatic N) is 3. The first-order valence-electron chi connectivity index (χ1n) is 7.43. The molecule has 6 nitrogen and oxygen atoms in total. The number of anilines is 1.